The van der Waals surface area contributed by atoms with Crippen molar-refractivity contribution in [2.24, 2.45) is 0 Å². The van der Waals surface area contributed by atoms with Crippen molar-refractivity contribution in [1.29, 1.82) is 0 Å². The van der Waals surface area contributed by atoms with E-state index in [0.29, 0.717) is 17.5 Å². The summed E-state index contributed by atoms with van der Waals surface area (Å²) in [5.41, 5.74) is 1.68. The summed E-state index contributed by atoms with van der Waals surface area (Å²) < 4.78 is 5.69. The second-order valence-electron chi connectivity index (χ2n) is 5.24. The largest absolute Gasteiger partial charge is 0.372 e. The number of non-ortho nitro benzene ring substituents is 1. The molecule has 1 atom stereocenters. The first-order valence-electron chi connectivity index (χ1n) is 7.20. The first-order valence-corrected chi connectivity index (χ1v) is 7.20. The highest BCUT2D eigenvalue weighted by Crippen LogP contribution is 2.33. The van der Waals surface area contributed by atoms with Crippen molar-refractivity contribution in [3.63, 3.8) is 0 Å². The summed E-state index contributed by atoms with van der Waals surface area (Å²) in [5, 5.41) is 11.7. The molecule has 6 heteroatoms. The van der Waals surface area contributed by atoms with E-state index in [4.69, 9.17) is 4.74 Å². The normalized spacial score (nSPS) is 17.8. The SMILES string of the molecule is C=CCOC1CCN(c2ccc([N+](=O)[O-])c3cccnc23)C1. The highest BCUT2D eigenvalue weighted by Gasteiger charge is 2.26. The number of rotatable bonds is 5. The van der Waals surface area contributed by atoms with Gasteiger partial charge in [-0.15, -0.1) is 6.58 Å². The number of fused-ring (bicyclic) bond motifs is 1. The van der Waals surface area contributed by atoms with E-state index in [1.54, 1.807) is 36.5 Å². The monoisotopic (exact) mass is 299 g/mol. The molecular weight excluding hydrogens is 282 g/mol. The molecule has 1 aromatic heterocycles. The Bertz CT molecular complexity index is 717. The van der Waals surface area contributed by atoms with Crippen LogP contribution in [-0.4, -0.2) is 35.7 Å². The van der Waals surface area contributed by atoms with Crippen molar-refractivity contribution in [2.45, 2.75) is 12.5 Å². The van der Waals surface area contributed by atoms with Gasteiger partial charge >= 0.3 is 0 Å². The van der Waals surface area contributed by atoms with E-state index in [-0.39, 0.29) is 16.7 Å². The fourth-order valence-corrected chi connectivity index (χ4v) is 2.84. The van der Waals surface area contributed by atoms with Crippen LogP contribution in [0.25, 0.3) is 10.9 Å². The van der Waals surface area contributed by atoms with Crippen LogP contribution >= 0.6 is 0 Å². The van der Waals surface area contributed by atoms with E-state index in [2.05, 4.69) is 16.5 Å². The zero-order valence-electron chi connectivity index (χ0n) is 12.1. The summed E-state index contributed by atoms with van der Waals surface area (Å²) in [4.78, 5) is 17.3. The quantitative estimate of drug-likeness (QED) is 0.482. The predicted molar refractivity (Wildman–Crippen MR) is 85.2 cm³/mol. The Morgan fingerprint density at radius 2 is 2.36 bits per heavy atom. The molecule has 2 aromatic rings. The van der Waals surface area contributed by atoms with Crippen LogP contribution in [0, 0.1) is 10.1 Å². The van der Waals surface area contributed by atoms with Crippen LogP contribution in [0.2, 0.25) is 0 Å². The second kappa shape index (κ2) is 6.11. The molecule has 1 aromatic carbocycles. The fraction of sp³-hybridized carbons (Fsp3) is 0.312. The van der Waals surface area contributed by atoms with Crippen LogP contribution in [0.4, 0.5) is 11.4 Å². The number of aromatic nitrogens is 1. The second-order valence-corrected chi connectivity index (χ2v) is 5.24. The van der Waals surface area contributed by atoms with Crippen molar-refractivity contribution >= 4 is 22.3 Å². The Labute approximate surface area is 128 Å². The molecule has 1 unspecified atom stereocenters. The Morgan fingerprint density at radius 3 is 3.14 bits per heavy atom. The number of hydrogen-bond acceptors (Lipinski definition) is 5. The lowest BCUT2D eigenvalue weighted by atomic mass is 10.1. The van der Waals surface area contributed by atoms with Crippen LogP contribution in [0.15, 0.2) is 43.1 Å². The number of anilines is 1. The van der Waals surface area contributed by atoms with Gasteiger partial charge in [-0.3, -0.25) is 15.1 Å². The van der Waals surface area contributed by atoms with Gasteiger partial charge in [-0.1, -0.05) is 6.08 Å². The van der Waals surface area contributed by atoms with Gasteiger partial charge < -0.3 is 9.64 Å². The van der Waals surface area contributed by atoms with Gasteiger partial charge in [0.2, 0.25) is 0 Å². The zero-order valence-corrected chi connectivity index (χ0v) is 12.1. The molecule has 0 spiro atoms. The highest BCUT2D eigenvalue weighted by molar-refractivity contribution is 5.97. The molecule has 2 heterocycles. The Balaban J connectivity index is 1.94. The summed E-state index contributed by atoms with van der Waals surface area (Å²) in [6.45, 7) is 5.81. The maximum Gasteiger partial charge on any atom is 0.278 e. The van der Waals surface area contributed by atoms with E-state index < -0.39 is 0 Å². The van der Waals surface area contributed by atoms with Crippen LogP contribution in [-0.2, 0) is 4.74 Å². The van der Waals surface area contributed by atoms with E-state index in [0.717, 1.165) is 25.2 Å². The van der Waals surface area contributed by atoms with E-state index in [1.807, 2.05) is 0 Å². The number of ether oxygens (including phenoxy) is 1. The topological polar surface area (TPSA) is 68.5 Å². The zero-order chi connectivity index (χ0) is 15.5. The highest BCUT2D eigenvalue weighted by atomic mass is 16.6. The van der Waals surface area contributed by atoms with Crippen molar-refractivity contribution in [3.05, 3.63) is 53.2 Å². The Morgan fingerprint density at radius 1 is 1.50 bits per heavy atom. The lowest BCUT2D eigenvalue weighted by molar-refractivity contribution is -0.383. The average Bonchev–Trinajstić information content (AvgIpc) is 3.00. The van der Waals surface area contributed by atoms with Gasteiger partial charge in [-0.25, -0.2) is 0 Å². The van der Waals surface area contributed by atoms with E-state index in [9.17, 15) is 10.1 Å². The lowest BCUT2D eigenvalue weighted by Gasteiger charge is -2.20. The third-order valence-corrected chi connectivity index (χ3v) is 3.86. The molecule has 3 rings (SSSR count). The number of nitro benzene ring substituents is 1. The molecule has 0 amide bonds. The van der Waals surface area contributed by atoms with Crippen molar-refractivity contribution in [1.82, 2.24) is 4.98 Å². The molecule has 1 saturated heterocycles. The minimum Gasteiger partial charge on any atom is -0.372 e. The summed E-state index contributed by atoms with van der Waals surface area (Å²) in [6, 6.07) is 6.80. The summed E-state index contributed by atoms with van der Waals surface area (Å²) in [6.07, 6.45) is 4.49. The van der Waals surface area contributed by atoms with Crippen LogP contribution in [0.1, 0.15) is 6.42 Å². The molecule has 22 heavy (non-hydrogen) atoms. The smallest absolute Gasteiger partial charge is 0.278 e. The summed E-state index contributed by atoms with van der Waals surface area (Å²) >= 11 is 0. The van der Waals surface area contributed by atoms with E-state index in [1.165, 1.54) is 0 Å². The van der Waals surface area contributed by atoms with Gasteiger partial charge in [0.15, 0.2) is 0 Å². The molecule has 1 fully saturated rings. The molecule has 0 saturated carbocycles. The third kappa shape index (κ3) is 2.65. The Hall–Kier alpha value is -2.47. The predicted octanol–water partition coefficient (Wildman–Crippen LogP) is 2.92. The number of nitrogens with zero attached hydrogens (tertiary/aromatic N) is 3. The maximum atomic E-state index is 11.2. The first kappa shape index (κ1) is 14.5. The van der Waals surface area contributed by atoms with Gasteiger partial charge in [0.1, 0.15) is 5.52 Å². The van der Waals surface area contributed by atoms with Gasteiger partial charge in [0.25, 0.3) is 5.69 Å². The molecule has 1 aliphatic heterocycles. The number of hydrogen-bond donors (Lipinski definition) is 0. The molecule has 6 nitrogen and oxygen atoms in total. The molecule has 0 bridgehead atoms. The Kier molecular flexibility index (Phi) is 4.02. The van der Waals surface area contributed by atoms with Crippen LogP contribution in [0.5, 0.6) is 0 Å². The molecule has 0 N–H and O–H groups in total. The molecule has 1 aliphatic rings. The fourth-order valence-electron chi connectivity index (χ4n) is 2.84. The average molecular weight is 299 g/mol. The number of nitro groups is 1. The summed E-state index contributed by atoms with van der Waals surface area (Å²) in [7, 11) is 0. The van der Waals surface area contributed by atoms with Crippen molar-refractivity contribution < 1.29 is 9.66 Å². The maximum absolute atomic E-state index is 11.2. The summed E-state index contributed by atoms with van der Waals surface area (Å²) in [5.74, 6) is 0. The van der Waals surface area contributed by atoms with E-state index >= 15 is 0 Å². The van der Waals surface area contributed by atoms with Gasteiger partial charge in [-0.05, 0) is 24.6 Å². The standard InChI is InChI=1S/C16H17N3O3/c1-2-10-22-12-7-9-18(11-12)15-6-5-14(19(20)21)13-4-3-8-17-16(13)15/h2-6,8,12H,1,7,9-11H2. The molecule has 0 radical (unpaired) electrons. The van der Waals surface area contributed by atoms with Crippen LogP contribution < -0.4 is 4.90 Å². The van der Waals surface area contributed by atoms with Gasteiger partial charge in [-0.2, -0.15) is 0 Å². The molecular formula is C16H17N3O3. The van der Waals surface area contributed by atoms with Crippen LogP contribution in [0.3, 0.4) is 0 Å². The third-order valence-electron chi connectivity index (χ3n) is 3.86. The van der Waals surface area contributed by atoms with Gasteiger partial charge in [0, 0.05) is 25.4 Å². The van der Waals surface area contributed by atoms with Crippen molar-refractivity contribution in [2.75, 3.05) is 24.6 Å². The number of benzene rings is 1. The minimum absolute atomic E-state index is 0.0884. The first-order chi connectivity index (χ1) is 10.7. The number of pyridine rings is 1. The molecule has 114 valence electrons. The van der Waals surface area contributed by atoms with Crippen molar-refractivity contribution in [3.8, 4) is 0 Å². The minimum atomic E-state index is -0.367. The lowest BCUT2D eigenvalue weighted by Crippen LogP contribution is -2.23. The van der Waals surface area contributed by atoms with Gasteiger partial charge in [0.05, 0.1) is 28.7 Å². The molecule has 0 aliphatic carbocycles.